The van der Waals surface area contributed by atoms with Gasteiger partial charge in [-0.25, -0.2) is 4.79 Å². The van der Waals surface area contributed by atoms with Gasteiger partial charge in [-0.05, 0) is 6.07 Å². The van der Waals surface area contributed by atoms with Crippen molar-refractivity contribution in [3.63, 3.8) is 0 Å². The third-order valence-electron chi connectivity index (χ3n) is 4.09. The summed E-state index contributed by atoms with van der Waals surface area (Å²) in [6, 6.07) is 1.06. The Morgan fingerprint density at radius 1 is 1.26 bits per heavy atom. The third kappa shape index (κ3) is 2.20. The Bertz CT molecular complexity index is 644. The lowest BCUT2D eigenvalue weighted by Gasteiger charge is -2.44. The van der Waals surface area contributed by atoms with Crippen LogP contribution in [0.1, 0.15) is 22.0 Å². The molecule has 0 aliphatic carbocycles. The summed E-state index contributed by atoms with van der Waals surface area (Å²) in [6.07, 6.45) is -6.50. The van der Waals surface area contributed by atoms with Crippen LogP contribution in [-0.2, 0) is 9.47 Å². The summed E-state index contributed by atoms with van der Waals surface area (Å²) in [7, 11) is 1.22. The van der Waals surface area contributed by atoms with Gasteiger partial charge in [0.2, 0.25) is 5.75 Å². The van der Waals surface area contributed by atoms with E-state index in [2.05, 4.69) is 0 Å². The van der Waals surface area contributed by atoms with Gasteiger partial charge in [-0.1, -0.05) is 0 Å². The first-order chi connectivity index (χ1) is 10.9. The lowest BCUT2D eigenvalue weighted by atomic mass is 9.86. The van der Waals surface area contributed by atoms with Crippen LogP contribution in [0.3, 0.4) is 0 Å². The molecule has 0 bridgehead atoms. The highest BCUT2D eigenvalue weighted by molar-refractivity contribution is 5.95. The van der Waals surface area contributed by atoms with Crippen molar-refractivity contribution in [1.82, 2.24) is 0 Å². The van der Waals surface area contributed by atoms with Crippen molar-refractivity contribution in [2.75, 3.05) is 13.7 Å². The number of rotatable bonds is 2. The molecule has 1 aromatic carbocycles. The van der Waals surface area contributed by atoms with Crippen LogP contribution in [0.2, 0.25) is 0 Å². The van der Waals surface area contributed by atoms with Crippen LogP contribution in [0.4, 0.5) is 0 Å². The molecule has 1 saturated heterocycles. The molecule has 23 heavy (non-hydrogen) atoms. The van der Waals surface area contributed by atoms with Crippen molar-refractivity contribution < 1.29 is 44.5 Å². The molecule has 0 radical (unpaired) electrons. The van der Waals surface area contributed by atoms with E-state index in [1.807, 2.05) is 0 Å². The van der Waals surface area contributed by atoms with E-state index in [4.69, 9.17) is 14.2 Å². The fraction of sp³-hybridized carbons (Fsp3) is 0.500. The maximum absolute atomic E-state index is 12.1. The average Bonchev–Trinajstić information content (AvgIpc) is 2.52. The van der Waals surface area contributed by atoms with Gasteiger partial charge >= 0.3 is 5.97 Å². The second-order valence-corrected chi connectivity index (χ2v) is 5.37. The summed E-state index contributed by atoms with van der Waals surface area (Å²) in [5.74, 6) is -2.16. The number of methoxy groups -OCH3 is 1. The largest absolute Gasteiger partial charge is 0.504 e. The van der Waals surface area contributed by atoms with Crippen molar-refractivity contribution in [2.24, 2.45) is 0 Å². The number of hydrogen-bond donors (Lipinski definition) is 5. The lowest BCUT2D eigenvalue weighted by molar-refractivity contribution is -0.235. The standard InChI is InChI=1S/C14H16O9/c1-21-11-5(16)2-4-7(9(11)18)12-13(23-14(4)20)10(19)8(17)6(3-15)22-12/h2,6,8,10,12-13,15-19H,3H2,1H3/t6-,8+,10-,12+,13+/m1/s1. The first kappa shape index (κ1) is 15.8. The Kier molecular flexibility index (Phi) is 3.80. The molecule has 9 heteroatoms. The Hall–Kier alpha value is -2.07. The summed E-state index contributed by atoms with van der Waals surface area (Å²) in [5, 5.41) is 49.3. The number of hydrogen-bond acceptors (Lipinski definition) is 9. The minimum absolute atomic E-state index is 0.0368. The average molecular weight is 328 g/mol. The number of aromatic hydroxyl groups is 2. The molecule has 0 unspecified atom stereocenters. The summed E-state index contributed by atoms with van der Waals surface area (Å²) < 4.78 is 15.4. The number of carbonyl (C=O) groups is 1. The quantitative estimate of drug-likeness (QED) is 0.422. The molecule has 2 aliphatic heterocycles. The van der Waals surface area contributed by atoms with Crippen LogP contribution < -0.4 is 4.74 Å². The lowest BCUT2D eigenvalue weighted by Crippen LogP contribution is -2.58. The molecule has 1 aromatic rings. The molecule has 0 amide bonds. The van der Waals surface area contributed by atoms with Gasteiger partial charge in [-0.15, -0.1) is 0 Å². The van der Waals surface area contributed by atoms with Crippen LogP contribution in [0.5, 0.6) is 17.2 Å². The molecular formula is C14H16O9. The molecule has 126 valence electrons. The number of ether oxygens (including phenoxy) is 3. The molecule has 2 heterocycles. The molecule has 0 spiro atoms. The zero-order chi connectivity index (χ0) is 16.9. The number of benzene rings is 1. The Labute approximate surface area is 130 Å². The molecule has 1 fully saturated rings. The highest BCUT2D eigenvalue weighted by Gasteiger charge is 2.52. The monoisotopic (exact) mass is 328 g/mol. The number of phenols is 2. The van der Waals surface area contributed by atoms with Gasteiger partial charge in [0, 0.05) is 5.56 Å². The van der Waals surface area contributed by atoms with Crippen molar-refractivity contribution in [1.29, 1.82) is 0 Å². The maximum Gasteiger partial charge on any atom is 0.339 e. The second kappa shape index (κ2) is 5.53. The molecule has 2 aliphatic rings. The first-order valence-corrected chi connectivity index (χ1v) is 6.87. The van der Waals surface area contributed by atoms with Crippen molar-refractivity contribution in [3.05, 3.63) is 17.2 Å². The number of aliphatic hydroxyl groups is 3. The highest BCUT2D eigenvalue weighted by Crippen LogP contribution is 2.49. The maximum atomic E-state index is 12.1. The van der Waals surface area contributed by atoms with Gasteiger partial charge in [-0.3, -0.25) is 0 Å². The Morgan fingerprint density at radius 2 is 1.96 bits per heavy atom. The van der Waals surface area contributed by atoms with Crippen LogP contribution in [-0.4, -0.2) is 69.6 Å². The molecule has 0 saturated carbocycles. The second-order valence-electron chi connectivity index (χ2n) is 5.37. The topological polar surface area (TPSA) is 146 Å². The van der Waals surface area contributed by atoms with Gasteiger partial charge < -0.3 is 39.7 Å². The van der Waals surface area contributed by atoms with Gasteiger partial charge in [0.1, 0.15) is 24.4 Å². The SMILES string of the molecule is COc1c(O)cc2c(c1O)[C@@H]1O[C@H](CO)[C@H](O)[C@@H](O)[C@@H]1OC2=O. The molecule has 5 N–H and O–H groups in total. The Morgan fingerprint density at radius 3 is 2.57 bits per heavy atom. The van der Waals surface area contributed by atoms with Crippen molar-refractivity contribution >= 4 is 5.97 Å². The number of fused-ring (bicyclic) bond motifs is 3. The molecular weight excluding hydrogens is 312 g/mol. The van der Waals surface area contributed by atoms with Gasteiger partial charge in [0.25, 0.3) is 0 Å². The number of esters is 1. The molecule has 9 nitrogen and oxygen atoms in total. The molecule has 0 aromatic heterocycles. The smallest absolute Gasteiger partial charge is 0.339 e. The number of aliphatic hydroxyl groups excluding tert-OH is 3. The fourth-order valence-electron chi connectivity index (χ4n) is 2.95. The summed E-state index contributed by atoms with van der Waals surface area (Å²) in [5.41, 5.74) is -0.187. The number of phenolic OH excluding ortho intramolecular Hbond substituents is 2. The summed E-state index contributed by atoms with van der Waals surface area (Å²) in [4.78, 5) is 12.1. The van der Waals surface area contributed by atoms with Crippen molar-refractivity contribution in [3.8, 4) is 17.2 Å². The first-order valence-electron chi connectivity index (χ1n) is 6.87. The minimum Gasteiger partial charge on any atom is -0.504 e. The highest BCUT2D eigenvalue weighted by atomic mass is 16.6. The van der Waals surface area contributed by atoms with E-state index in [-0.39, 0.29) is 16.9 Å². The summed E-state index contributed by atoms with van der Waals surface area (Å²) >= 11 is 0. The predicted octanol–water partition coefficient (Wildman–Crippen LogP) is -1.20. The fourth-order valence-corrected chi connectivity index (χ4v) is 2.95. The van der Waals surface area contributed by atoms with Gasteiger partial charge in [0.05, 0.1) is 19.3 Å². The molecule has 5 atom stereocenters. The van der Waals surface area contributed by atoms with E-state index >= 15 is 0 Å². The van der Waals surface area contributed by atoms with E-state index < -0.39 is 54.6 Å². The normalized spacial score (nSPS) is 32.7. The van der Waals surface area contributed by atoms with Crippen molar-refractivity contribution in [2.45, 2.75) is 30.5 Å². The Balaban J connectivity index is 2.16. The van der Waals surface area contributed by atoms with Crippen LogP contribution >= 0.6 is 0 Å². The van der Waals surface area contributed by atoms with E-state index in [9.17, 15) is 30.3 Å². The zero-order valence-corrected chi connectivity index (χ0v) is 12.0. The van der Waals surface area contributed by atoms with Gasteiger partial charge in [-0.2, -0.15) is 0 Å². The predicted molar refractivity (Wildman–Crippen MR) is 72.2 cm³/mol. The van der Waals surface area contributed by atoms with Crippen LogP contribution in [0, 0.1) is 0 Å². The minimum atomic E-state index is -1.51. The van der Waals surface area contributed by atoms with E-state index in [0.717, 1.165) is 6.07 Å². The zero-order valence-electron chi connectivity index (χ0n) is 12.0. The number of carbonyl (C=O) groups excluding carboxylic acids is 1. The summed E-state index contributed by atoms with van der Waals surface area (Å²) in [6.45, 7) is -0.583. The van der Waals surface area contributed by atoms with Crippen LogP contribution in [0.15, 0.2) is 6.07 Å². The third-order valence-corrected chi connectivity index (χ3v) is 4.09. The van der Waals surface area contributed by atoms with E-state index in [0.29, 0.717) is 0 Å². The van der Waals surface area contributed by atoms with E-state index in [1.54, 1.807) is 0 Å². The molecule has 3 rings (SSSR count). The van der Waals surface area contributed by atoms with Gasteiger partial charge in [0.15, 0.2) is 17.6 Å². The van der Waals surface area contributed by atoms with E-state index in [1.165, 1.54) is 7.11 Å². The van der Waals surface area contributed by atoms with Crippen LogP contribution in [0.25, 0.3) is 0 Å².